The quantitative estimate of drug-likeness (QED) is 0.634. The zero-order valence-electron chi connectivity index (χ0n) is 9.78. The lowest BCUT2D eigenvalue weighted by Crippen LogP contribution is -1.99. The van der Waals surface area contributed by atoms with Crippen LogP contribution in [-0.4, -0.2) is 12.9 Å². The summed E-state index contributed by atoms with van der Waals surface area (Å²) in [7, 11) is 1.60. The molecule has 1 aliphatic rings. The van der Waals surface area contributed by atoms with Crippen molar-refractivity contribution < 1.29 is 9.53 Å². The number of carbonyl (C=O) groups excluding carboxylic acids is 1. The first kappa shape index (κ1) is 10.1. The summed E-state index contributed by atoms with van der Waals surface area (Å²) < 4.78 is 5.32. The Kier molecular flexibility index (Phi) is 2.05. The summed E-state index contributed by atoms with van der Waals surface area (Å²) in [5.41, 5.74) is 4.56. The van der Waals surface area contributed by atoms with Crippen LogP contribution < -0.4 is 4.74 Å². The molecule has 0 saturated heterocycles. The van der Waals surface area contributed by atoms with E-state index < -0.39 is 0 Å². The van der Waals surface area contributed by atoms with Crippen molar-refractivity contribution in [1.82, 2.24) is 0 Å². The minimum absolute atomic E-state index is 0.0625. The van der Waals surface area contributed by atoms with E-state index in [9.17, 15) is 4.79 Å². The Labute approximate surface area is 99.9 Å². The van der Waals surface area contributed by atoms with Gasteiger partial charge in [0.25, 0.3) is 0 Å². The van der Waals surface area contributed by atoms with Gasteiger partial charge in [-0.3, -0.25) is 4.79 Å². The van der Waals surface area contributed by atoms with E-state index in [1.807, 2.05) is 43.3 Å². The predicted molar refractivity (Wildman–Crippen MR) is 66.6 cm³/mol. The van der Waals surface area contributed by atoms with E-state index in [1.165, 1.54) is 0 Å². The molecule has 0 aliphatic heterocycles. The van der Waals surface area contributed by atoms with Gasteiger partial charge >= 0.3 is 0 Å². The minimum Gasteiger partial charge on any atom is -0.496 e. The highest BCUT2D eigenvalue weighted by atomic mass is 16.5. The van der Waals surface area contributed by atoms with Crippen molar-refractivity contribution in [1.29, 1.82) is 0 Å². The van der Waals surface area contributed by atoms with Crippen LogP contribution >= 0.6 is 0 Å². The zero-order chi connectivity index (χ0) is 12.0. The molecule has 0 unspecified atom stereocenters. The van der Waals surface area contributed by atoms with Gasteiger partial charge in [-0.15, -0.1) is 0 Å². The Balaban J connectivity index is 2.38. The van der Waals surface area contributed by atoms with Crippen LogP contribution in [0.4, 0.5) is 0 Å². The fourth-order valence-electron chi connectivity index (χ4n) is 2.41. The van der Waals surface area contributed by atoms with Crippen LogP contribution in [0.3, 0.4) is 0 Å². The van der Waals surface area contributed by atoms with Crippen molar-refractivity contribution in [3.63, 3.8) is 0 Å². The fourth-order valence-corrected chi connectivity index (χ4v) is 2.41. The Morgan fingerprint density at radius 1 is 1.00 bits per heavy atom. The summed E-state index contributed by atoms with van der Waals surface area (Å²) in [6, 6.07) is 11.6. The maximum Gasteiger partial charge on any atom is 0.198 e. The van der Waals surface area contributed by atoms with Crippen molar-refractivity contribution in [3.05, 3.63) is 53.1 Å². The zero-order valence-corrected chi connectivity index (χ0v) is 9.78. The molecule has 17 heavy (non-hydrogen) atoms. The standard InChI is InChI=1S/C15H12O2/c1-9-7-12-10-5-3-4-6-11(10)15(16)14(12)13(8-9)17-2/h3-8H,1-2H3. The number of fused-ring (bicyclic) bond motifs is 3. The van der Waals surface area contributed by atoms with Gasteiger partial charge in [0.05, 0.1) is 12.7 Å². The van der Waals surface area contributed by atoms with Crippen LogP contribution in [0.25, 0.3) is 11.1 Å². The summed E-state index contributed by atoms with van der Waals surface area (Å²) in [6.45, 7) is 2.01. The highest BCUT2D eigenvalue weighted by molar-refractivity contribution is 6.23. The van der Waals surface area contributed by atoms with Crippen molar-refractivity contribution in [2.45, 2.75) is 6.92 Å². The van der Waals surface area contributed by atoms with Gasteiger partial charge in [-0.1, -0.05) is 30.3 Å². The summed E-state index contributed by atoms with van der Waals surface area (Å²) in [5.74, 6) is 0.730. The number of carbonyl (C=O) groups is 1. The summed E-state index contributed by atoms with van der Waals surface area (Å²) in [4.78, 5) is 12.3. The number of rotatable bonds is 1. The first-order valence-electron chi connectivity index (χ1n) is 5.55. The van der Waals surface area contributed by atoms with Gasteiger partial charge in [0.15, 0.2) is 5.78 Å². The van der Waals surface area contributed by atoms with Gasteiger partial charge in [-0.25, -0.2) is 0 Å². The molecule has 2 nitrogen and oxygen atoms in total. The Morgan fingerprint density at radius 2 is 1.71 bits per heavy atom. The van der Waals surface area contributed by atoms with Gasteiger partial charge < -0.3 is 4.74 Å². The molecule has 0 amide bonds. The van der Waals surface area contributed by atoms with Crippen LogP contribution in [0, 0.1) is 6.92 Å². The fraction of sp³-hybridized carbons (Fsp3) is 0.133. The van der Waals surface area contributed by atoms with Gasteiger partial charge in [0, 0.05) is 5.56 Å². The highest BCUT2D eigenvalue weighted by Crippen LogP contribution is 2.41. The minimum atomic E-state index is 0.0625. The predicted octanol–water partition coefficient (Wildman–Crippen LogP) is 3.22. The maximum absolute atomic E-state index is 12.3. The van der Waals surface area contributed by atoms with E-state index in [1.54, 1.807) is 7.11 Å². The first-order valence-corrected chi connectivity index (χ1v) is 5.55. The van der Waals surface area contributed by atoms with Crippen molar-refractivity contribution in [2.24, 2.45) is 0 Å². The summed E-state index contributed by atoms with van der Waals surface area (Å²) in [6.07, 6.45) is 0. The van der Waals surface area contributed by atoms with E-state index in [4.69, 9.17) is 4.74 Å². The Bertz CT molecular complexity index is 627. The summed E-state index contributed by atoms with van der Waals surface area (Å²) >= 11 is 0. The van der Waals surface area contributed by atoms with E-state index in [0.717, 1.165) is 22.3 Å². The molecule has 2 heteroatoms. The average molecular weight is 224 g/mol. The third kappa shape index (κ3) is 1.30. The second-order valence-electron chi connectivity index (χ2n) is 4.26. The Hall–Kier alpha value is -2.09. The molecule has 1 aliphatic carbocycles. The number of benzene rings is 2. The molecular weight excluding hydrogens is 212 g/mol. The molecule has 0 N–H and O–H groups in total. The van der Waals surface area contributed by atoms with Gasteiger partial charge in [0.1, 0.15) is 5.75 Å². The molecule has 0 atom stereocenters. The molecule has 2 aromatic carbocycles. The van der Waals surface area contributed by atoms with Crippen LogP contribution in [0.1, 0.15) is 21.5 Å². The molecule has 84 valence electrons. The number of ether oxygens (including phenoxy) is 1. The number of methoxy groups -OCH3 is 1. The van der Waals surface area contributed by atoms with Crippen molar-refractivity contribution in [3.8, 4) is 16.9 Å². The molecule has 0 heterocycles. The van der Waals surface area contributed by atoms with Crippen molar-refractivity contribution in [2.75, 3.05) is 7.11 Å². The molecule has 0 bridgehead atoms. The molecule has 0 spiro atoms. The Morgan fingerprint density at radius 3 is 2.41 bits per heavy atom. The van der Waals surface area contributed by atoms with E-state index in [-0.39, 0.29) is 5.78 Å². The van der Waals surface area contributed by atoms with E-state index in [0.29, 0.717) is 11.3 Å². The first-order chi connectivity index (χ1) is 8.22. The lowest BCUT2D eigenvalue weighted by Gasteiger charge is -2.07. The monoisotopic (exact) mass is 224 g/mol. The van der Waals surface area contributed by atoms with Gasteiger partial charge in [-0.2, -0.15) is 0 Å². The molecule has 2 aromatic rings. The highest BCUT2D eigenvalue weighted by Gasteiger charge is 2.29. The molecule has 0 fully saturated rings. The second kappa shape index (κ2) is 3.45. The summed E-state index contributed by atoms with van der Waals surface area (Å²) in [5, 5.41) is 0. The third-order valence-electron chi connectivity index (χ3n) is 3.16. The molecule has 0 aromatic heterocycles. The molecule has 0 radical (unpaired) electrons. The number of ketones is 1. The normalized spacial score (nSPS) is 12.2. The number of hydrogen-bond donors (Lipinski definition) is 0. The van der Waals surface area contributed by atoms with E-state index >= 15 is 0 Å². The molecule has 3 rings (SSSR count). The average Bonchev–Trinajstić information content (AvgIpc) is 2.63. The molecular formula is C15H12O2. The largest absolute Gasteiger partial charge is 0.496 e. The van der Waals surface area contributed by atoms with Gasteiger partial charge in [0.2, 0.25) is 0 Å². The number of aryl methyl sites for hydroxylation is 1. The van der Waals surface area contributed by atoms with Crippen LogP contribution in [0.5, 0.6) is 5.75 Å². The van der Waals surface area contributed by atoms with Crippen LogP contribution in [0.15, 0.2) is 36.4 Å². The topological polar surface area (TPSA) is 26.3 Å². The molecule has 0 saturated carbocycles. The van der Waals surface area contributed by atoms with E-state index in [2.05, 4.69) is 0 Å². The maximum atomic E-state index is 12.3. The SMILES string of the molecule is COc1cc(C)cc2c1C(=O)c1ccccc1-2. The van der Waals surface area contributed by atoms with Gasteiger partial charge in [-0.05, 0) is 29.7 Å². The van der Waals surface area contributed by atoms with Crippen molar-refractivity contribution >= 4 is 5.78 Å². The lowest BCUT2D eigenvalue weighted by atomic mass is 10.0. The third-order valence-corrected chi connectivity index (χ3v) is 3.16. The number of hydrogen-bond acceptors (Lipinski definition) is 2. The second-order valence-corrected chi connectivity index (χ2v) is 4.26. The van der Waals surface area contributed by atoms with Crippen LogP contribution in [-0.2, 0) is 0 Å². The smallest absolute Gasteiger partial charge is 0.198 e. The van der Waals surface area contributed by atoms with Crippen LogP contribution in [0.2, 0.25) is 0 Å². The lowest BCUT2D eigenvalue weighted by molar-refractivity contribution is 0.104.